The normalized spacial score (nSPS) is 12.5. The number of hydrogen-bond donors (Lipinski definition) is 4. The van der Waals surface area contributed by atoms with Crippen LogP contribution in [-0.2, 0) is 6.42 Å². The summed E-state index contributed by atoms with van der Waals surface area (Å²) in [4.78, 5) is 7.71. The standard InChI is InChI=1S/C22H27FN4O.HI/c1-3-24-22(27-14-20(28)17-8-4-5-9-18(17)23)25-12-11-16-13-26-19-10-6-7-15(2)21(16)19;/h4-10,13,20,26,28H,3,11-12,14H2,1-2H3,(H2,24,25,27);1H. The third-order valence-corrected chi connectivity index (χ3v) is 4.71. The molecule has 0 fully saturated rings. The second-order valence-corrected chi connectivity index (χ2v) is 6.75. The van der Waals surface area contributed by atoms with E-state index in [1.165, 1.54) is 22.6 Å². The van der Waals surface area contributed by atoms with Crippen LogP contribution < -0.4 is 10.6 Å². The van der Waals surface area contributed by atoms with E-state index in [9.17, 15) is 9.50 Å². The number of aliphatic imine (C=N–C) groups is 1. The zero-order chi connectivity index (χ0) is 19.9. The molecule has 29 heavy (non-hydrogen) atoms. The summed E-state index contributed by atoms with van der Waals surface area (Å²) in [5, 5.41) is 17.9. The SMILES string of the molecule is CCNC(=NCC(O)c1ccccc1F)NCCc1c[nH]c2cccc(C)c12.I. The van der Waals surface area contributed by atoms with Gasteiger partial charge in [0.05, 0.1) is 6.54 Å². The van der Waals surface area contributed by atoms with Crippen LogP contribution in [0.3, 0.4) is 0 Å². The summed E-state index contributed by atoms with van der Waals surface area (Å²) in [6.07, 6.45) is 1.91. The zero-order valence-electron chi connectivity index (χ0n) is 16.7. The number of aryl methyl sites for hydroxylation is 1. The average Bonchev–Trinajstić information content (AvgIpc) is 3.11. The van der Waals surface area contributed by atoms with Crippen molar-refractivity contribution in [3.8, 4) is 0 Å². The van der Waals surface area contributed by atoms with Gasteiger partial charge in [0.25, 0.3) is 0 Å². The van der Waals surface area contributed by atoms with Crippen molar-refractivity contribution in [3.05, 3.63) is 71.2 Å². The van der Waals surface area contributed by atoms with Crippen LogP contribution in [0.15, 0.2) is 53.7 Å². The van der Waals surface area contributed by atoms with E-state index in [1.807, 2.05) is 19.2 Å². The minimum atomic E-state index is -0.979. The highest BCUT2D eigenvalue weighted by atomic mass is 127. The molecule has 5 nitrogen and oxygen atoms in total. The lowest BCUT2D eigenvalue weighted by atomic mass is 10.1. The molecule has 1 unspecified atom stereocenters. The quantitative estimate of drug-likeness (QED) is 0.220. The average molecular weight is 510 g/mol. The van der Waals surface area contributed by atoms with Gasteiger partial charge in [-0.1, -0.05) is 30.3 Å². The van der Waals surface area contributed by atoms with Gasteiger partial charge in [0.1, 0.15) is 11.9 Å². The second-order valence-electron chi connectivity index (χ2n) is 6.75. The molecule has 1 heterocycles. The molecule has 0 amide bonds. The summed E-state index contributed by atoms with van der Waals surface area (Å²) in [5.41, 5.74) is 3.91. The van der Waals surface area contributed by atoms with Crippen molar-refractivity contribution in [2.45, 2.75) is 26.4 Å². The summed E-state index contributed by atoms with van der Waals surface area (Å²) in [5.74, 6) is 0.187. The van der Waals surface area contributed by atoms with E-state index in [4.69, 9.17) is 0 Å². The topological polar surface area (TPSA) is 72.4 Å². The fraction of sp³-hybridized carbons (Fsp3) is 0.318. The Morgan fingerprint density at radius 1 is 1.17 bits per heavy atom. The number of guanidine groups is 1. The highest BCUT2D eigenvalue weighted by Gasteiger charge is 2.12. The maximum atomic E-state index is 13.8. The molecule has 156 valence electrons. The molecule has 7 heteroatoms. The molecule has 2 aromatic carbocycles. The van der Waals surface area contributed by atoms with Gasteiger partial charge in [-0.3, -0.25) is 4.99 Å². The molecular weight excluding hydrogens is 482 g/mol. The summed E-state index contributed by atoms with van der Waals surface area (Å²) in [7, 11) is 0. The molecule has 4 N–H and O–H groups in total. The Kier molecular flexibility index (Phi) is 8.91. The molecule has 0 aliphatic carbocycles. The molecule has 0 bridgehead atoms. The van der Waals surface area contributed by atoms with Gasteiger partial charge in [0.15, 0.2) is 5.96 Å². The van der Waals surface area contributed by atoms with Crippen LogP contribution in [-0.4, -0.2) is 35.7 Å². The van der Waals surface area contributed by atoms with Crippen LogP contribution in [0.2, 0.25) is 0 Å². The number of H-pyrrole nitrogens is 1. The van der Waals surface area contributed by atoms with Crippen LogP contribution >= 0.6 is 24.0 Å². The van der Waals surface area contributed by atoms with E-state index in [-0.39, 0.29) is 36.1 Å². The van der Waals surface area contributed by atoms with Crippen molar-refractivity contribution in [1.29, 1.82) is 0 Å². The molecule has 1 aromatic heterocycles. The lowest BCUT2D eigenvalue weighted by molar-refractivity contribution is 0.182. The molecule has 0 aliphatic heterocycles. The van der Waals surface area contributed by atoms with Gasteiger partial charge in [0, 0.05) is 35.8 Å². The summed E-state index contributed by atoms with van der Waals surface area (Å²) < 4.78 is 13.8. The number of hydrogen-bond acceptors (Lipinski definition) is 2. The van der Waals surface area contributed by atoms with Gasteiger partial charge >= 0.3 is 0 Å². The Morgan fingerprint density at radius 3 is 2.72 bits per heavy atom. The van der Waals surface area contributed by atoms with Gasteiger partial charge in [-0.25, -0.2) is 4.39 Å². The Balaban J connectivity index is 0.00000300. The number of benzene rings is 2. The van der Waals surface area contributed by atoms with E-state index < -0.39 is 11.9 Å². The number of aliphatic hydroxyl groups is 1. The minimum Gasteiger partial charge on any atom is -0.386 e. The second kappa shape index (κ2) is 11.2. The predicted octanol–water partition coefficient (Wildman–Crippen LogP) is 4.06. The molecule has 1 atom stereocenters. The van der Waals surface area contributed by atoms with Crippen molar-refractivity contribution < 1.29 is 9.50 Å². The number of aromatic nitrogens is 1. The number of nitrogens with one attached hydrogen (secondary N) is 3. The maximum Gasteiger partial charge on any atom is 0.191 e. The Morgan fingerprint density at radius 2 is 1.97 bits per heavy atom. The van der Waals surface area contributed by atoms with Crippen LogP contribution in [0.4, 0.5) is 4.39 Å². The molecule has 0 saturated carbocycles. The first-order valence-electron chi connectivity index (χ1n) is 9.60. The number of rotatable bonds is 7. The van der Waals surface area contributed by atoms with Crippen molar-refractivity contribution in [2.24, 2.45) is 4.99 Å². The number of fused-ring (bicyclic) bond motifs is 1. The van der Waals surface area contributed by atoms with Gasteiger partial charge in [-0.2, -0.15) is 0 Å². The molecule has 0 radical (unpaired) electrons. The highest BCUT2D eigenvalue weighted by Crippen LogP contribution is 2.22. The Bertz CT molecular complexity index is 957. The lowest BCUT2D eigenvalue weighted by Crippen LogP contribution is -2.38. The fourth-order valence-corrected chi connectivity index (χ4v) is 3.33. The number of aliphatic hydroxyl groups excluding tert-OH is 1. The first-order chi connectivity index (χ1) is 13.6. The smallest absolute Gasteiger partial charge is 0.191 e. The highest BCUT2D eigenvalue weighted by molar-refractivity contribution is 14.0. The number of nitrogens with zero attached hydrogens (tertiary/aromatic N) is 1. The largest absolute Gasteiger partial charge is 0.386 e. The summed E-state index contributed by atoms with van der Waals surface area (Å²) in [6.45, 7) is 5.58. The number of halogens is 2. The molecule has 0 saturated heterocycles. The van der Waals surface area contributed by atoms with Gasteiger partial charge in [-0.05, 0) is 43.5 Å². The molecule has 0 aliphatic rings. The predicted molar refractivity (Wildman–Crippen MR) is 127 cm³/mol. The number of aromatic amines is 1. The van der Waals surface area contributed by atoms with Crippen LogP contribution in [0.1, 0.15) is 29.7 Å². The van der Waals surface area contributed by atoms with Crippen LogP contribution in [0.5, 0.6) is 0 Å². The monoisotopic (exact) mass is 510 g/mol. The van der Waals surface area contributed by atoms with E-state index in [2.05, 4.69) is 39.7 Å². The molecule has 3 rings (SSSR count). The Hall–Kier alpha value is -2.13. The third kappa shape index (κ3) is 5.93. The first kappa shape index (κ1) is 23.2. The zero-order valence-corrected chi connectivity index (χ0v) is 19.0. The van der Waals surface area contributed by atoms with E-state index >= 15 is 0 Å². The first-order valence-corrected chi connectivity index (χ1v) is 9.60. The van der Waals surface area contributed by atoms with Gasteiger partial charge < -0.3 is 20.7 Å². The molecule has 0 spiro atoms. The van der Waals surface area contributed by atoms with Gasteiger partial charge in [0.2, 0.25) is 0 Å². The fourth-order valence-electron chi connectivity index (χ4n) is 3.33. The van der Waals surface area contributed by atoms with E-state index in [0.717, 1.165) is 11.9 Å². The summed E-state index contributed by atoms with van der Waals surface area (Å²) >= 11 is 0. The van der Waals surface area contributed by atoms with E-state index in [1.54, 1.807) is 18.2 Å². The third-order valence-electron chi connectivity index (χ3n) is 4.71. The van der Waals surface area contributed by atoms with Crippen LogP contribution in [0.25, 0.3) is 10.9 Å². The lowest BCUT2D eigenvalue weighted by Gasteiger charge is -2.14. The molecular formula is C22H28FIN4O. The maximum absolute atomic E-state index is 13.8. The van der Waals surface area contributed by atoms with Crippen molar-refractivity contribution in [2.75, 3.05) is 19.6 Å². The van der Waals surface area contributed by atoms with E-state index in [0.29, 0.717) is 19.0 Å². The van der Waals surface area contributed by atoms with Crippen molar-refractivity contribution >= 4 is 40.8 Å². The van der Waals surface area contributed by atoms with Crippen molar-refractivity contribution in [1.82, 2.24) is 15.6 Å². The Labute approximate surface area is 187 Å². The molecule has 3 aromatic rings. The van der Waals surface area contributed by atoms with Crippen LogP contribution in [0, 0.1) is 12.7 Å². The van der Waals surface area contributed by atoms with Gasteiger partial charge in [-0.15, -0.1) is 24.0 Å². The summed E-state index contributed by atoms with van der Waals surface area (Å²) in [6, 6.07) is 12.5. The van der Waals surface area contributed by atoms with Crippen molar-refractivity contribution in [3.63, 3.8) is 0 Å². The minimum absolute atomic E-state index is 0.